The second kappa shape index (κ2) is 33.4. The standard InChI is InChI=1S/2C10H16N2O8.C8H17N3.ClH/c2*13-7(14)3-11(4-8(15)16)1-2-12(5-9(17)18)6-10(19)20;1-4-9-8-10-6-5-7-11(2)3;/h2*1-6H2,(H,13,14)(H,15,16)(H,17,18)(H,19,20);4-7H2,1-3H3;1H. The number of hydrogen-bond donors (Lipinski definition) is 8. The largest absolute Gasteiger partial charge is 0.480 e. The van der Waals surface area contributed by atoms with E-state index in [1.54, 1.807) is 0 Å². The summed E-state index contributed by atoms with van der Waals surface area (Å²) in [5.74, 6) is -9.82. The van der Waals surface area contributed by atoms with E-state index < -0.39 is 100 Å². The third kappa shape index (κ3) is 43.3. The summed E-state index contributed by atoms with van der Waals surface area (Å²) in [6.45, 7) is 0.164. The summed E-state index contributed by atoms with van der Waals surface area (Å²) in [6.07, 6.45) is 1.08. The Hall–Kier alpha value is -4.77. The average molecular weight is 776 g/mol. The molecule has 0 heterocycles. The first kappa shape index (κ1) is 54.0. The molecule has 0 bridgehead atoms. The molecule has 0 aromatic heterocycles. The number of carboxylic acid groups (broad SMARTS) is 8. The van der Waals surface area contributed by atoms with Crippen LogP contribution in [0.4, 0.5) is 0 Å². The van der Waals surface area contributed by atoms with Crippen LogP contribution in [0.15, 0.2) is 9.98 Å². The molecule has 0 atom stereocenters. The third-order valence-corrected chi connectivity index (χ3v) is 5.51. The molecule has 0 aliphatic carbocycles. The molecular formula is C28H50ClN7O16. The van der Waals surface area contributed by atoms with Crippen molar-refractivity contribution in [3.05, 3.63) is 0 Å². The summed E-state index contributed by atoms with van der Waals surface area (Å²) in [5.41, 5.74) is 0. The van der Waals surface area contributed by atoms with E-state index in [1.807, 2.05) is 6.92 Å². The minimum Gasteiger partial charge on any atom is -0.480 e. The summed E-state index contributed by atoms with van der Waals surface area (Å²) in [5, 5.41) is 68.9. The zero-order valence-corrected chi connectivity index (χ0v) is 30.0. The SMILES string of the molecule is CCN=C=NCCCN(C)C.Cl.O=C(O)CN(CCN(CC(=O)O)CC(=O)O)CC(=O)O.O=C(O)CN(CCN(CC(=O)O)CC(=O)O)CC(=O)O. The highest BCUT2D eigenvalue weighted by molar-refractivity contribution is 5.85. The number of nitrogens with zero attached hydrogens (tertiary/aromatic N) is 7. The summed E-state index contributed by atoms with van der Waals surface area (Å²) in [4.78, 5) is 98.7. The van der Waals surface area contributed by atoms with E-state index in [0.717, 1.165) is 45.7 Å². The number of aliphatic imine (C=N–C) groups is 2. The van der Waals surface area contributed by atoms with Gasteiger partial charge in [-0.25, -0.2) is 9.98 Å². The molecular weight excluding hydrogens is 726 g/mol. The first-order chi connectivity index (χ1) is 23.7. The molecule has 0 fully saturated rings. The maximum absolute atomic E-state index is 10.6. The molecule has 24 heteroatoms. The van der Waals surface area contributed by atoms with Crippen LogP contribution in [0.2, 0.25) is 0 Å². The van der Waals surface area contributed by atoms with E-state index in [2.05, 4.69) is 35.0 Å². The average Bonchev–Trinajstić information content (AvgIpc) is 2.94. The van der Waals surface area contributed by atoms with Gasteiger partial charge in [-0.05, 0) is 34.0 Å². The molecule has 0 saturated carbocycles. The van der Waals surface area contributed by atoms with Crippen LogP contribution in [0, 0.1) is 0 Å². The van der Waals surface area contributed by atoms with Gasteiger partial charge >= 0.3 is 47.8 Å². The fraction of sp³-hybridized carbons (Fsp3) is 0.679. The van der Waals surface area contributed by atoms with Crippen molar-refractivity contribution >= 4 is 66.2 Å². The summed E-state index contributed by atoms with van der Waals surface area (Å²) in [7, 11) is 4.12. The van der Waals surface area contributed by atoms with E-state index >= 15 is 0 Å². The second-order valence-corrected chi connectivity index (χ2v) is 10.6. The van der Waals surface area contributed by atoms with Crippen LogP contribution in [-0.2, 0) is 38.4 Å². The normalized spacial score (nSPS) is 10.2. The minimum atomic E-state index is -1.23. The number of carboxylic acids is 8. The molecule has 0 spiro atoms. The highest BCUT2D eigenvalue weighted by Crippen LogP contribution is 1.96. The zero-order valence-electron chi connectivity index (χ0n) is 29.2. The first-order valence-corrected chi connectivity index (χ1v) is 15.0. The van der Waals surface area contributed by atoms with Crippen molar-refractivity contribution < 1.29 is 79.2 Å². The van der Waals surface area contributed by atoms with Crippen LogP contribution in [0.1, 0.15) is 13.3 Å². The lowest BCUT2D eigenvalue weighted by atomic mass is 10.4. The number of rotatable bonds is 27. The molecule has 0 aliphatic heterocycles. The smallest absolute Gasteiger partial charge is 0.317 e. The Kier molecular flexibility index (Phi) is 34.7. The quantitative estimate of drug-likeness (QED) is 0.0313. The highest BCUT2D eigenvalue weighted by atomic mass is 35.5. The van der Waals surface area contributed by atoms with Crippen LogP contribution in [0.5, 0.6) is 0 Å². The number of halogens is 1. The van der Waals surface area contributed by atoms with Crippen LogP contribution < -0.4 is 0 Å². The molecule has 0 radical (unpaired) electrons. The van der Waals surface area contributed by atoms with Gasteiger partial charge in [0.05, 0.1) is 64.9 Å². The Labute approximate surface area is 305 Å². The molecule has 0 saturated heterocycles. The lowest BCUT2D eigenvalue weighted by molar-refractivity contribution is -0.145. The van der Waals surface area contributed by atoms with Gasteiger partial charge in [-0.3, -0.25) is 58.0 Å². The summed E-state index contributed by atoms with van der Waals surface area (Å²) >= 11 is 0. The molecule has 8 N–H and O–H groups in total. The summed E-state index contributed by atoms with van der Waals surface area (Å²) in [6, 6.07) is 2.64. The van der Waals surface area contributed by atoms with E-state index in [4.69, 9.17) is 40.9 Å². The number of aliphatic carboxylic acids is 8. The Morgan fingerprint density at radius 1 is 0.442 bits per heavy atom. The zero-order chi connectivity index (χ0) is 39.9. The van der Waals surface area contributed by atoms with Crippen LogP contribution in [-0.4, -0.2) is 231 Å². The Morgan fingerprint density at radius 2 is 0.673 bits per heavy atom. The van der Waals surface area contributed by atoms with Crippen molar-refractivity contribution in [1.82, 2.24) is 24.5 Å². The molecule has 0 aromatic rings. The van der Waals surface area contributed by atoms with Crippen molar-refractivity contribution in [1.29, 1.82) is 0 Å². The Balaban J connectivity index is -0.000000344. The van der Waals surface area contributed by atoms with Crippen LogP contribution >= 0.6 is 12.4 Å². The van der Waals surface area contributed by atoms with Gasteiger partial charge in [-0.15, -0.1) is 12.4 Å². The number of carbonyl (C=O) groups is 8. The molecule has 52 heavy (non-hydrogen) atoms. The van der Waals surface area contributed by atoms with Crippen LogP contribution in [0.25, 0.3) is 0 Å². The van der Waals surface area contributed by atoms with Crippen molar-refractivity contribution in [2.45, 2.75) is 13.3 Å². The van der Waals surface area contributed by atoms with Gasteiger partial charge in [-0.2, -0.15) is 0 Å². The number of hydrogen-bond acceptors (Lipinski definition) is 15. The maximum Gasteiger partial charge on any atom is 0.317 e. The predicted octanol–water partition coefficient (Wildman–Crippen LogP) is -2.59. The lowest BCUT2D eigenvalue weighted by Crippen LogP contribution is -2.43. The summed E-state index contributed by atoms with van der Waals surface area (Å²) < 4.78 is 0. The van der Waals surface area contributed by atoms with Crippen molar-refractivity contribution in [2.24, 2.45) is 9.98 Å². The van der Waals surface area contributed by atoms with Crippen molar-refractivity contribution in [3.8, 4) is 0 Å². The van der Waals surface area contributed by atoms with E-state index in [9.17, 15) is 38.4 Å². The molecule has 300 valence electrons. The van der Waals surface area contributed by atoms with Gasteiger partial charge in [-0.1, -0.05) is 0 Å². The van der Waals surface area contributed by atoms with Gasteiger partial charge in [0.25, 0.3) is 0 Å². The van der Waals surface area contributed by atoms with Gasteiger partial charge in [0.2, 0.25) is 0 Å². The third-order valence-electron chi connectivity index (χ3n) is 5.51. The van der Waals surface area contributed by atoms with Crippen molar-refractivity contribution in [2.75, 3.05) is 112 Å². The molecule has 0 amide bonds. The van der Waals surface area contributed by atoms with E-state index in [1.165, 1.54) is 0 Å². The fourth-order valence-electron chi connectivity index (χ4n) is 3.59. The maximum atomic E-state index is 10.6. The lowest BCUT2D eigenvalue weighted by Gasteiger charge is -2.23. The second-order valence-electron chi connectivity index (χ2n) is 10.6. The monoisotopic (exact) mass is 775 g/mol. The highest BCUT2D eigenvalue weighted by Gasteiger charge is 2.19. The molecule has 0 rings (SSSR count). The van der Waals surface area contributed by atoms with Gasteiger partial charge < -0.3 is 45.8 Å². The Morgan fingerprint density at radius 3 is 0.846 bits per heavy atom. The topological polar surface area (TPSA) is 339 Å². The Bertz CT molecular complexity index is 977. The first-order valence-electron chi connectivity index (χ1n) is 15.0. The molecule has 0 aliphatic rings. The minimum absolute atomic E-state index is 0. The molecule has 23 nitrogen and oxygen atoms in total. The van der Waals surface area contributed by atoms with Gasteiger partial charge in [0.15, 0.2) is 0 Å². The van der Waals surface area contributed by atoms with Crippen LogP contribution in [0.3, 0.4) is 0 Å². The van der Waals surface area contributed by atoms with Crippen molar-refractivity contribution in [3.63, 3.8) is 0 Å². The van der Waals surface area contributed by atoms with Gasteiger partial charge in [0.1, 0.15) is 0 Å². The molecule has 0 unspecified atom stereocenters. The predicted molar refractivity (Wildman–Crippen MR) is 183 cm³/mol. The van der Waals surface area contributed by atoms with E-state index in [0.29, 0.717) is 0 Å². The molecule has 0 aromatic carbocycles. The fourth-order valence-corrected chi connectivity index (χ4v) is 3.59. The van der Waals surface area contributed by atoms with E-state index in [-0.39, 0.29) is 38.6 Å². The van der Waals surface area contributed by atoms with Gasteiger partial charge in [0, 0.05) is 32.7 Å².